The Morgan fingerprint density at radius 1 is 0.573 bits per heavy atom. The van der Waals surface area contributed by atoms with Gasteiger partial charge in [0.25, 0.3) is 11.8 Å². The molecule has 96 heavy (non-hydrogen) atoms. The maximum absolute atomic E-state index is 13.2. The number of aryl methyl sites for hydroxylation is 2. The smallest absolute Gasteiger partial charge is 0.475 e. The maximum atomic E-state index is 13.2. The van der Waals surface area contributed by atoms with Crippen LogP contribution in [0.15, 0.2) is 106 Å². The molecule has 0 spiro atoms. The molecule has 4 aromatic heterocycles. The Kier molecular flexibility index (Phi) is 32.1. The molecule has 0 radical (unpaired) electrons. The topological polar surface area (TPSA) is 345 Å². The largest absolute Gasteiger partial charge is 0.490 e. The first-order chi connectivity index (χ1) is 44.9. The van der Waals surface area contributed by atoms with Gasteiger partial charge in [0.2, 0.25) is 11.8 Å². The normalized spacial score (nSPS) is 17.1. The van der Waals surface area contributed by atoms with E-state index >= 15 is 0 Å². The van der Waals surface area contributed by atoms with Gasteiger partial charge in [0.1, 0.15) is 11.5 Å². The first-order valence-corrected chi connectivity index (χ1v) is 35.1. The minimum Gasteiger partial charge on any atom is -0.475 e. The summed E-state index contributed by atoms with van der Waals surface area (Å²) < 4.78 is 159. The fourth-order valence-corrected chi connectivity index (χ4v) is 14.0. The molecule has 35 heteroatoms. The van der Waals surface area contributed by atoms with Crippen LogP contribution < -0.4 is 16.4 Å². The van der Waals surface area contributed by atoms with Crippen LogP contribution in [0, 0.1) is 13.8 Å². The summed E-state index contributed by atoms with van der Waals surface area (Å²) in [6, 6.07) is 21.6. The number of carbonyl (C=O) groups is 5. The van der Waals surface area contributed by atoms with Crippen molar-refractivity contribution in [3.05, 3.63) is 143 Å². The van der Waals surface area contributed by atoms with Gasteiger partial charge in [-0.05, 0) is 163 Å². The first kappa shape index (κ1) is 81.1. The number of unbranched alkanes of at least 4 members (excludes halogenated alkanes) is 2. The minimum absolute atomic E-state index is 0.0520. The summed E-state index contributed by atoms with van der Waals surface area (Å²) in [6.45, 7) is 6.43. The molecule has 7 N–H and O–H groups in total. The summed E-state index contributed by atoms with van der Waals surface area (Å²) in [7, 11) is -6.67. The number of benzene rings is 2. The Morgan fingerprint density at radius 2 is 0.938 bits per heavy atom. The Labute approximate surface area is 563 Å². The van der Waals surface area contributed by atoms with E-state index in [9.17, 15) is 65.9 Å². The molecular formula is C61H71Br2F9N8O14S2. The highest BCUT2D eigenvalue weighted by Crippen LogP contribution is 2.34. The van der Waals surface area contributed by atoms with Crippen molar-refractivity contribution in [2.24, 2.45) is 5.73 Å². The number of hydrogen-bond donors (Lipinski definition) is 6. The van der Waals surface area contributed by atoms with Gasteiger partial charge in [-0.2, -0.15) is 39.5 Å². The summed E-state index contributed by atoms with van der Waals surface area (Å²) >= 11 is 6.73. The number of carboxylic acids is 3. The summed E-state index contributed by atoms with van der Waals surface area (Å²) in [5.41, 5.74) is 11.0. The van der Waals surface area contributed by atoms with Crippen molar-refractivity contribution < 1.29 is 104 Å². The van der Waals surface area contributed by atoms with E-state index in [1.165, 1.54) is 32.1 Å². The van der Waals surface area contributed by atoms with Crippen molar-refractivity contribution in [1.29, 1.82) is 0 Å². The van der Waals surface area contributed by atoms with Crippen molar-refractivity contribution in [2.45, 2.75) is 150 Å². The van der Waals surface area contributed by atoms with Gasteiger partial charge in [-0.25, -0.2) is 41.2 Å². The van der Waals surface area contributed by atoms with Gasteiger partial charge in [0, 0.05) is 82.9 Å². The molecule has 0 unspecified atom stereocenters. The number of alkyl halides is 11. The summed E-state index contributed by atoms with van der Waals surface area (Å²) in [6.07, 6.45) is 2.14. The predicted octanol–water partition coefficient (Wildman–Crippen LogP) is 11.5. The molecule has 1 saturated heterocycles. The van der Waals surface area contributed by atoms with Crippen molar-refractivity contribution in [1.82, 2.24) is 35.5 Å². The van der Waals surface area contributed by atoms with E-state index in [1.54, 1.807) is 87.2 Å². The zero-order valence-corrected chi connectivity index (χ0v) is 56.4. The molecule has 2 saturated carbocycles. The fourth-order valence-electron chi connectivity index (χ4n) is 9.44. The van der Waals surface area contributed by atoms with Crippen molar-refractivity contribution in [3.8, 4) is 22.9 Å². The molecule has 2 aliphatic carbocycles. The monoisotopic (exact) mass is 1530 g/mol. The molecule has 2 amide bonds. The van der Waals surface area contributed by atoms with Crippen molar-refractivity contribution >= 4 is 81.3 Å². The van der Waals surface area contributed by atoms with Crippen molar-refractivity contribution in [2.75, 3.05) is 23.7 Å². The first-order valence-electron chi connectivity index (χ1n) is 29.4. The molecule has 5 heterocycles. The molecule has 4 atom stereocenters. The third-order valence-electron chi connectivity index (χ3n) is 14.6. The molecule has 2 aromatic carbocycles. The number of carboxylic acid groups (broad SMARTS) is 3. The number of halogens is 11. The lowest BCUT2D eigenvalue weighted by atomic mass is 10.1. The standard InChI is InChI=1S/C27H32N4O4S.C23H26N4O4S.C5H10Br2.3C2HF3O2/c1-19-25(18-36(33,34)24-11-10-23(15-24)31-13-2-3-14-31)30-27(35-19)22-8-6-21(7-9-22)26(32)29-17-20-5-4-12-28-16-20;1-15-21(14-32(29,30)20-9-8-19(24)11-20)27-23(31-15)18-6-4-17(5-7-18)22(28)26-13-16-3-2-10-25-12-16;6-4-2-1-3-5-7;3*3-2(4,5)1(6)7/h4-9,12,16,23-24H,2-3,10-11,13-15,17-18H2,1H3,(H,29,32);2-7,10,12,19-20H,8-9,11,13-14,24H2,1H3,(H,26,28);1-5H2;3*(H,6,7)/t23-,24-;19-,20-;;;;/m00..../s1. The molecule has 22 nitrogen and oxygen atoms in total. The van der Waals surface area contributed by atoms with Crippen LogP contribution in [0.3, 0.4) is 0 Å². The Morgan fingerprint density at radius 3 is 1.26 bits per heavy atom. The van der Waals surface area contributed by atoms with E-state index in [1.807, 2.05) is 24.3 Å². The second-order valence-corrected chi connectivity index (χ2v) is 27.9. The van der Waals surface area contributed by atoms with Crippen LogP contribution in [-0.4, -0.2) is 152 Å². The van der Waals surface area contributed by atoms with Gasteiger partial charge in [-0.15, -0.1) is 0 Å². The average Bonchev–Trinajstić information content (AvgIpc) is 1.66. The third-order valence-corrected chi connectivity index (χ3v) is 19.9. The number of sulfone groups is 2. The number of amides is 2. The Balaban J connectivity index is 0.000000294. The molecule has 9 rings (SSSR count). The number of rotatable bonds is 19. The highest BCUT2D eigenvalue weighted by atomic mass is 79.9. The summed E-state index contributed by atoms with van der Waals surface area (Å²) in [4.78, 5) is 71.0. The predicted molar refractivity (Wildman–Crippen MR) is 340 cm³/mol. The van der Waals surface area contributed by atoms with Gasteiger partial charge in [0.15, 0.2) is 19.7 Å². The van der Waals surface area contributed by atoms with Crippen LogP contribution in [0.2, 0.25) is 0 Å². The van der Waals surface area contributed by atoms with Crippen LogP contribution in [0.4, 0.5) is 39.5 Å². The summed E-state index contributed by atoms with van der Waals surface area (Å²) in [5, 5.41) is 28.7. The SMILES string of the molecule is BrCCCCCBr.Cc1oc(-c2ccc(C(=O)NCc3cccnc3)cc2)nc1CS(=O)(=O)[C@H]1CC[C@H](N)C1.Cc1oc(-c2ccc(C(=O)NCc3cccnc3)cc2)nc1CS(=O)(=O)[C@H]1CC[C@H](N2CCCC2)C1.O=C(O)C(F)(F)F.O=C(O)C(F)(F)F.O=C(O)C(F)(F)F. The molecule has 1 aliphatic heterocycles. The number of aliphatic carboxylic acids is 3. The number of nitrogens with one attached hydrogen (secondary N) is 2. The molecule has 0 bridgehead atoms. The maximum Gasteiger partial charge on any atom is 0.490 e. The number of likely N-dealkylation sites (tertiary alicyclic amines) is 1. The average molecular weight is 1540 g/mol. The molecule has 3 fully saturated rings. The van der Waals surface area contributed by atoms with Gasteiger partial charge in [-0.3, -0.25) is 19.6 Å². The quantitative estimate of drug-likeness (QED) is 0.0249. The van der Waals surface area contributed by atoms with E-state index < -0.39 is 61.4 Å². The highest BCUT2D eigenvalue weighted by Gasteiger charge is 2.41. The van der Waals surface area contributed by atoms with Crippen LogP contribution in [0.1, 0.15) is 125 Å². The van der Waals surface area contributed by atoms with Crippen LogP contribution >= 0.6 is 31.9 Å². The van der Waals surface area contributed by atoms with E-state index in [0.717, 1.165) is 60.6 Å². The second-order valence-electron chi connectivity index (χ2n) is 21.8. The molecular weight excluding hydrogens is 1460 g/mol. The number of carbonyl (C=O) groups excluding carboxylic acids is 2. The number of nitrogens with two attached hydrogens (primary N) is 1. The van der Waals surface area contributed by atoms with Gasteiger partial charge >= 0.3 is 36.4 Å². The Hall–Kier alpha value is -7.34. The lowest BCUT2D eigenvalue weighted by Crippen LogP contribution is -2.32. The second kappa shape index (κ2) is 38.0. The third kappa shape index (κ3) is 27.6. The highest BCUT2D eigenvalue weighted by molar-refractivity contribution is 9.09. The van der Waals surface area contributed by atoms with Crippen LogP contribution in [-0.2, 0) is 58.7 Å². The minimum atomic E-state index is -5.08. The van der Waals surface area contributed by atoms with Crippen LogP contribution in [0.5, 0.6) is 0 Å². The number of oxazole rings is 2. The van der Waals surface area contributed by atoms with E-state index in [-0.39, 0.29) is 34.6 Å². The molecule has 6 aromatic rings. The van der Waals surface area contributed by atoms with Gasteiger partial charge in [0.05, 0.1) is 33.4 Å². The molecule has 3 aliphatic rings. The lowest BCUT2D eigenvalue weighted by molar-refractivity contribution is -0.193. The van der Waals surface area contributed by atoms with Gasteiger partial charge < -0.3 is 45.4 Å². The fraction of sp³-hybridized carbons (Fsp3) is 0.459. The van der Waals surface area contributed by atoms with E-state index in [4.69, 9.17) is 44.3 Å². The van der Waals surface area contributed by atoms with Crippen molar-refractivity contribution in [3.63, 3.8) is 0 Å². The Bertz CT molecular complexity index is 3620. The lowest BCUT2D eigenvalue weighted by Gasteiger charge is -2.23. The van der Waals surface area contributed by atoms with Gasteiger partial charge in [-0.1, -0.05) is 50.4 Å². The molecule has 528 valence electrons. The zero-order chi connectivity index (χ0) is 71.6. The van der Waals surface area contributed by atoms with Crippen LogP contribution in [0.25, 0.3) is 22.9 Å². The number of aromatic nitrogens is 4. The number of nitrogens with zero attached hydrogens (tertiary/aromatic N) is 5. The number of hydrogen-bond acceptors (Lipinski definition) is 17. The zero-order valence-electron chi connectivity index (χ0n) is 51.6. The summed E-state index contributed by atoms with van der Waals surface area (Å²) in [5.74, 6) is -7.24. The number of pyridine rings is 2. The van der Waals surface area contributed by atoms with E-state index in [0.29, 0.717) is 88.9 Å². The van der Waals surface area contributed by atoms with E-state index in [2.05, 4.69) is 67.3 Å².